The van der Waals surface area contributed by atoms with Gasteiger partial charge in [0.15, 0.2) is 0 Å². The molecule has 4 nitrogen and oxygen atoms in total. The van der Waals surface area contributed by atoms with Gasteiger partial charge in [0.25, 0.3) is 0 Å². The molecule has 2 N–H and O–H groups in total. The van der Waals surface area contributed by atoms with Gasteiger partial charge in [0, 0.05) is 31.1 Å². The summed E-state index contributed by atoms with van der Waals surface area (Å²) < 4.78 is 1.82. The molecule has 0 saturated heterocycles. The average Bonchev–Trinajstić information content (AvgIpc) is 2.85. The first-order valence-corrected chi connectivity index (χ1v) is 6.65. The topological polar surface area (TPSA) is 56.7 Å². The van der Waals surface area contributed by atoms with Crippen LogP contribution in [0, 0.1) is 6.92 Å². The molecule has 2 rings (SSSR count). The lowest BCUT2D eigenvalue weighted by Gasteiger charge is -2.08. The first-order valence-electron chi connectivity index (χ1n) is 5.77. The minimum Gasteiger partial charge on any atom is -0.327 e. The van der Waals surface area contributed by atoms with E-state index in [4.69, 9.17) is 5.73 Å². The molecular weight excluding hydrogens is 232 g/mol. The Kier molecular flexibility index (Phi) is 3.91. The van der Waals surface area contributed by atoms with Crippen LogP contribution in [0.25, 0.3) is 0 Å². The van der Waals surface area contributed by atoms with Crippen molar-refractivity contribution in [3.63, 3.8) is 0 Å². The lowest BCUT2D eigenvalue weighted by molar-refractivity contribution is 0.604. The van der Waals surface area contributed by atoms with E-state index in [9.17, 15) is 0 Å². The number of hydrogen-bond acceptors (Lipinski definition) is 4. The molecule has 1 unspecified atom stereocenters. The maximum Gasteiger partial charge on any atom is 0.0897 e. The van der Waals surface area contributed by atoms with Crippen LogP contribution >= 0.6 is 11.3 Å². The molecule has 2 aromatic rings. The third kappa shape index (κ3) is 3.64. The Morgan fingerprint density at radius 2 is 2.35 bits per heavy atom. The van der Waals surface area contributed by atoms with E-state index in [0.29, 0.717) is 0 Å². The van der Waals surface area contributed by atoms with Crippen LogP contribution in [0.15, 0.2) is 17.8 Å². The van der Waals surface area contributed by atoms with Crippen molar-refractivity contribution in [2.45, 2.75) is 32.2 Å². The third-order valence-electron chi connectivity index (χ3n) is 2.70. The van der Waals surface area contributed by atoms with Gasteiger partial charge in [-0.1, -0.05) is 0 Å². The van der Waals surface area contributed by atoms with Crippen molar-refractivity contribution in [2.24, 2.45) is 12.8 Å². The standard InChI is InChI=1S/C12H18N4S/c1-9-15-12(8-17-9)5-11(13)4-3-10-6-14-16(2)7-10/h6-8,11H,3-5,13H2,1-2H3. The van der Waals surface area contributed by atoms with E-state index in [1.165, 1.54) is 5.56 Å². The second-order valence-electron chi connectivity index (χ2n) is 4.38. The van der Waals surface area contributed by atoms with Crippen LogP contribution in [0.2, 0.25) is 0 Å². The fourth-order valence-corrected chi connectivity index (χ4v) is 2.45. The molecule has 0 spiro atoms. The number of thiazole rings is 1. The molecule has 92 valence electrons. The van der Waals surface area contributed by atoms with Gasteiger partial charge in [-0.2, -0.15) is 5.10 Å². The second-order valence-corrected chi connectivity index (χ2v) is 5.45. The fraction of sp³-hybridized carbons (Fsp3) is 0.500. The maximum absolute atomic E-state index is 6.11. The van der Waals surface area contributed by atoms with E-state index in [1.54, 1.807) is 11.3 Å². The van der Waals surface area contributed by atoms with Crippen molar-refractivity contribution in [3.8, 4) is 0 Å². The molecule has 5 heteroatoms. The number of nitrogens with two attached hydrogens (primary N) is 1. The summed E-state index contributed by atoms with van der Waals surface area (Å²) in [6.45, 7) is 2.02. The Balaban J connectivity index is 1.79. The zero-order valence-corrected chi connectivity index (χ0v) is 11.1. The average molecular weight is 250 g/mol. The van der Waals surface area contributed by atoms with Gasteiger partial charge in [-0.05, 0) is 25.3 Å². The summed E-state index contributed by atoms with van der Waals surface area (Å²) in [7, 11) is 1.93. The van der Waals surface area contributed by atoms with Crippen LogP contribution in [-0.2, 0) is 19.9 Å². The Morgan fingerprint density at radius 3 is 2.94 bits per heavy atom. The Morgan fingerprint density at radius 1 is 1.53 bits per heavy atom. The van der Waals surface area contributed by atoms with Crippen molar-refractivity contribution < 1.29 is 0 Å². The van der Waals surface area contributed by atoms with Gasteiger partial charge < -0.3 is 5.73 Å². The van der Waals surface area contributed by atoms with Gasteiger partial charge >= 0.3 is 0 Å². The number of nitrogens with zero attached hydrogens (tertiary/aromatic N) is 3. The van der Waals surface area contributed by atoms with Gasteiger partial charge in [0.05, 0.1) is 16.9 Å². The lowest BCUT2D eigenvalue weighted by atomic mass is 10.1. The summed E-state index contributed by atoms with van der Waals surface area (Å²) in [6, 6.07) is 0.178. The van der Waals surface area contributed by atoms with Crippen molar-refractivity contribution >= 4 is 11.3 Å². The maximum atomic E-state index is 6.11. The number of hydrogen-bond donors (Lipinski definition) is 1. The quantitative estimate of drug-likeness (QED) is 0.878. The summed E-state index contributed by atoms with van der Waals surface area (Å²) >= 11 is 1.68. The van der Waals surface area contributed by atoms with Crippen LogP contribution in [-0.4, -0.2) is 20.8 Å². The smallest absolute Gasteiger partial charge is 0.0897 e. The molecule has 0 radical (unpaired) electrons. The summed E-state index contributed by atoms with van der Waals surface area (Å²) in [5.41, 5.74) is 8.47. The van der Waals surface area contributed by atoms with Crippen molar-refractivity contribution in [3.05, 3.63) is 34.0 Å². The molecule has 0 aliphatic carbocycles. The Labute approximate surface area is 105 Å². The van der Waals surface area contributed by atoms with E-state index >= 15 is 0 Å². The third-order valence-corrected chi connectivity index (χ3v) is 3.52. The monoisotopic (exact) mass is 250 g/mol. The largest absolute Gasteiger partial charge is 0.327 e. The molecule has 0 amide bonds. The zero-order chi connectivity index (χ0) is 12.3. The van der Waals surface area contributed by atoms with Crippen molar-refractivity contribution in [2.75, 3.05) is 0 Å². The molecule has 0 fully saturated rings. The van der Waals surface area contributed by atoms with Crippen LogP contribution in [0.1, 0.15) is 22.7 Å². The number of aromatic nitrogens is 3. The van der Waals surface area contributed by atoms with Gasteiger partial charge in [-0.15, -0.1) is 11.3 Å². The molecule has 0 saturated carbocycles. The minimum absolute atomic E-state index is 0.178. The van der Waals surface area contributed by atoms with Crippen LogP contribution in [0.3, 0.4) is 0 Å². The molecular formula is C12H18N4S. The molecule has 0 aliphatic heterocycles. The van der Waals surface area contributed by atoms with Crippen LogP contribution in [0.4, 0.5) is 0 Å². The van der Waals surface area contributed by atoms with Gasteiger partial charge in [0.2, 0.25) is 0 Å². The van der Waals surface area contributed by atoms with Crippen LogP contribution in [0.5, 0.6) is 0 Å². The predicted molar refractivity (Wildman–Crippen MR) is 70.1 cm³/mol. The van der Waals surface area contributed by atoms with Crippen molar-refractivity contribution in [1.82, 2.24) is 14.8 Å². The summed E-state index contributed by atoms with van der Waals surface area (Å²) in [5, 5.41) is 7.35. The van der Waals surface area contributed by atoms with Gasteiger partial charge in [-0.25, -0.2) is 4.98 Å². The van der Waals surface area contributed by atoms with E-state index in [-0.39, 0.29) is 6.04 Å². The van der Waals surface area contributed by atoms with Gasteiger partial charge in [-0.3, -0.25) is 4.68 Å². The molecule has 0 bridgehead atoms. The highest BCUT2D eigenvalue weighted by atomic mass is 32.1. The highest BCUT2D eigenvalue weighted by Gasteiger charge is 2.07. The summed E-state index contributed by atoms with van der Waals surface area (Å²) in [4.78, 5) is 4.43. The number of aryl methyl sites for hydroxylation is 3. The molecule has 0 aliphatic rings. The summed E-state index contributed by atoms with van der Waals surface area (Å²) in [6.07, 6.45) is 6.77. The normalized spacial score (nSPS) is 12.9. The Hall–Kier alpha value is -1.20. The van der Waals surface area contributed by atoms with Gasteiger partial charge in [0.1, 0.15) is 0 Å². The van der Waals surface area contributed by atoms with E-state index in [2.05, 4.69) is 15.5 Å². The highest BCUT2D eigenvalue weighted by Crippen LogP contribution is 2.11. The minimum atomic E-state index is 0.178. The highest BCUT2D eigenvalue weighted by molar-refractivity contribution is 7.09. The molecule has 1 atom stereocenters. The molecule has 2 aromatic heterocycles. The van der Waals surface area contributed by atoms with E-state index in [1.807, 2.05) is 31.0 Å². The van der Waals surface area contributed by atoms with E-state index in [0.717, 1.165) is 30.0 Å². The fourth-order valence-electron chi connectivity index (χ4n) is 1.83. The van der Waals surface area contributed by atoms with E-state index < -0.39 is 0 Å². The summed E-state index contributed by atoms with van der Waals surface area (Å²) in [5.74, 6) is 0. The van der Waals surface area contributed by atoms with Crippen LogP contribution < -0.4 is 5.73 Å². The SMILES string of the molecule is Cc1nc(CC(N)CCc2cnn(C)c2)cs1. The number of rotatable bonds is 5. The molecule has 0 aromatic carbocycles. The van der Waals surface area contributed by atoms with Crippen molar-refractivity contribution in [1.29, 1.82) is 0 Å². The lowest BCUT2D eigenvalue weighted by Crippen LogP contribution is -2.23. The molecule has 17 heavy (non-hydrogen) atoms. The Bertz CT molecular complexity index is 474. The second kappa shape index (κ2) is 5.42. The first-order chi connectivity index (χ1) is 8.13. The molecule has 2 heterocycles. The first kappa shape index (κ1) is 12.3. The zero-order valence-electron chi connectivity index (χ0n) is 10.3. The predicted octanol–water partition coefficient (Wildman–Crippen LogP) is 1.69.